The van der Waals surface area contributed by atoms with Gasteiger partial charge in [0.05, 0.1) is 0 Å². The van der Waals surface area contributed by atoms with Crippen molar-refractivity contribution in [2.75, 3.05) is 18.4 Å². The summed E-state index contributed by atoms with van der Waals surface area (Å²) in [4.78, 5) is 12.4. The van der Waals surface area contributed by atoms with Gasteiger partial charge in [-0.1, -0.05) is 19.4 Å². The molecule has 20 heavy (non-hydrogen) atoms. The molecule has 0 radical (unpaired) electrons. The summed E-state index contributed by atoms with van der Waals surface area (Å²) in [6, 6.07) is 6.01. The van der Waals surface area contributed by atoms with E-state index < -0.39 is 0 Å². The molecule has 1 amide bonds. The highest BCUT2D eigenvalue weighted by Gasteiger charge is 2.23. The summed E-state index contributed by atoms with van der Waals surface area (Å²) in [7, 11) is 0. The van der Waals surface area contributed by atoms with Gasteiger partial charge in [0.15, 0.2) is 0 Å². The van der Waals surface area contributed by atoms with Crippen molar-refractivity contribution < 1.29 is 4.79 Å². The van der Waals surface area contributed by atoms with Crippen molar-refractivity contribution in [3.05, 3.63) is 29.3 Å². The second-order valence-electron chi connectivity index (χ2n) is 6.36. The molecule has 0 aromatic heterocycles. The van der Waals surface area contributed by atoms with Crippen LogP contribution >= 0.6 is 0 Å². The fourth-order valence-electron chi connectivity index (χ4n) is 3.57. The molecule has 0 bridgehead atoms. The number of carbonyl (C=O) groups excluding carboxylic acids is 1. The van der Waals surface area contributed by atoms with Gasteiger partial charge >= 0.3 is 0 Å². The van der Waals surface area contributed by atoms with E-state index in [9.17, 15) is 4.79 Å². The van der Waals surface area contributed by atoms with Crippen LogP contribution in [0, 0.1) is 11.8 Å². The fourth-order valence-corrected chi connectivity index (χ4v) is 3.57. The molecular weight excluding hydrogens is 248 g/mol. The number of amides is 1. The molecule has 1 aliphatic carbocycles. The summed E-state index contributed by atoms with van der Waals surface area (Å²) < 4.78 is 0. The zero-order valence-corrected chi connectivity index (χ0v) is 12.2. The molecule has 3 rings (SSSR count). The Kier molecular flexibility index (Phi) is 3.95. The SMILES string of the molecule is CC1CCC(CNC(=O)c2cccc3c2CCCN3)C1. The summed E-state index contributed by atoms with van der Waals surface area (Å²) in [6.07, 6.45) is 5.94. The van der Waals surface area contributed by atoms with Gasteiger partial charge in [-0.05, 0) is 55.2 Å². The van der Waals surface area contributed by atoms with Crippen molar-refractivity contribution in [2.45, 2.75) is 39.0 Å². The number of hydrogen-bond acceptors (Lipinski definition) is 2. The van der Waals surface area contributed by atoms with E-state index in [4.69, 9.17) is 0 Å². The molecule has 1 heterocycles. The second kappa shape index (κ2) is 5.86. The minimum Gasteiger partial charge on any atom is -0.385 e. The number of benzene rings is 1. The normalized spacial score (nSPS) is 24.9. The highest BCUT2D eigenvalue weighted by Crippen LogP contribution is 2.30. The number of rotatable bonds is 3. The Morgan fingerprint density at radius 1 is 1.40 bits per heavy atom. The molecule has 2 atom stereocenters. The van der Waals surface area contributed by atoms with Crippen LogP contribution in [0.1, 0.15) is 48.5 Å². The van der Waals surface area contributed by atoms with Gasteiger partial charge in [0, 0.05) is 24.3 Å². The first kappa shape index (κ1) is 13.5. The van der Waals surface area contributed by atoms with E-state index in [0.717, 1.165) is 43.1 Å². The smallest absolute Gasteiger partial charge is 0.251 e. The van der Waals surface area contributed by atoms with Gasteiger partial charge in [0.25, 0.3) is 5.91 Å². The molecule has 0 saturated heterocycles. The van der Waals surface area contributed by atoms with Gasteiger partial charge in [0.1, 0.15) is 0 Å². The van der Waals surface area contributed by atoms with Crippen LogP contribution in [0.25, 0.3) is 0 Å². The Morgan fingerprint density at radius 2 is 2.30 bits per heavy atom. The van der Waals surface area contributed by atoms with E-state index in [1.165, 1.54) is 24.8 Å². The average Bonchev–Trinajstić information content (AvgIpc) is 2.90. The first-order valence-corrected chi connectivity index (χ1v) is 7.88. The van der Waals surface area contributed by atoms with Gasteiger partial charge in [-0.3, -0.25) is 4.79 Å². The summed E-state index contributed by atoms with van der Waals surface area (Å²) in [5.74, 6) is 1.60. The lowest BCUT2D eigenvalue weighted by atomic mass is 9.97. The van der Waals surface area contributed by atoms with E-state index in [-0.39, 0.29) is 5.91 Å². The quantitative estimate of drug-likeness (QED) is 0.887. The topological polar surface area (TPSA) is 41.1 Å². The van der Waals surface area contributed by atoms with Crippen LogP contribution < -0.4 is 10.6 Å². The fraction of sp³-hybridized carbons (Fsp3) is 0.588. The van der Waals surface area contributed by atoms with E-state index in [0.29, 0.717) is 5.92 Å². The minimum atomic E-state index is 0.102. The molecule has 0 spiro atoms. The molecule has 1 aliphatic heterocycles. The van der Waals surface area contributed by atoms with Gasteiger partial charge in [-0.2, -0.15) is 0 Å². The molecule has 2 unspecified atom stereocenters. The zero-order chi connectivity index (χ0) is 13.9. The summed E-state index contributed by atoms with van der Waals surface area (Å²) in [6.45, 7) is 4.15. The number of carbonyl (C=O) groups is 1. The van der Waals surface area contributed by atoms with E-state index >= 15 is 0 Å². The average molecular weight is 272 g/mol. The third-order valence-corrected chi connectivity index (χ3v) is 4.69. The highest BCUT2D eigenvalue weighted by atomic mass is 16.1. The first-order chi connectivity index (χ1) is 9.74. The second-order valence-corrected chi connectivity index (χ2v) is 6.36. The van der Waals surface area contributed by atoms with E-state index in [2.05, 4.69) is 23.6 Å². The maximum atomic E-state index is 12.4. The number of nitrogens with one attached hydrogen (secondary N) is 2. The van der Waals surface area contributed by atoms with Crippen LogP contribution in [-0.2, 0) is 6.42 Å². The molecule has 1 aromatic rings. The Balaban J connectivity index is 1.65. The molecule has 3 nitrogen and oxygen atoms in total. The van der Waals surface area contributed by atoms with Crippen LogP contribution in [-0.4, -0.2) is 19.0 Å². The Hall–Kier alpha value is -1.51. The van der Waals surface area contributed by atoms with Crippen LogP contribution in [0.4, 0.5) is 5.69 Å². The third kappa shape index (κ3) is 2.82. The van der Waals surface area contributed by atoms with Crippen molar-refractivity contribution in [2.24, 2.45) is 11.8 Å². The Labute approximate surface area is 121 Å². The molecule has 1 saturated carbocycles. The lowest BCUT2D eigenvalue weighted by Crippen LogP contribution is -2.30. The van der Waals surface area contributed by atoms with E-state index in [1.54, 1.807) is 0 Å². The van der Waals surface area contributed by atoms with Crippen LogP contribution in [0.2, 0.25) is 0 Å². The van der Waals surface area contributed by atoms with Gasteiger partial charge in [-0.25, -0.2) is 0 Å². The van der Waals surface area contributed by atoms with Crippen molar-refractivity contribution in [3.63, 3.8) is 0 Å². The zero-order valence-electron chi connectivity index (χ0n) is 12.2. The molecule has 2 aliphatic rings. The third-order valence-electron chi connectivity index (χ3n) is 4.69. The highest BCUT2D eigenvalue weighted by molar-refractivity contribution is 5.97. The van der Waals surface area contributed by atoms with E-state index in [1.807, 2.05) is 12.1 Å². The summed E-state index contributed by atoms with van der Waals surface area (Å²) in [5, 5.41) is 6.53. The molecule has 1 aromatic carbocycles. The van der Waals surface area contributed by atoms with Gasteiger partial charge in [0.2, 0.25) is 0 Å². The van der Waals surface area contributed by atoms with Crippen molar-refractivity contribution in [1.29, 1.82) is 0 Å². The van der Waals surface area contributed by atoms with Crippen LogP contribution in [0.3, 0.4) is 0 Å². The van der Waals surface area contributed by atoms with Crippen molar-refractivity contribution >= 4 is 11.6 Å². The molecule has 108 valence electrons. The number of fused-ring (bicyclic) bond motifs is 1. The predicted octanol–water partition coefficient (Wildman–Crippen LogP) is 3.21. The van der Waals surface area contributed by atoms with Gasteiger partial charge in [-0.15, -0.1) is 0 Å². The monoisotopic (exact) mass is 272 g/mol. The summed E-state index contributed by atoms with van der Waals surface area (Å²) in [5.41, 5.74) is 3.19. The largest absolute Gasteiger partial charge is 0.385 e. The maximum absolute atomic E-state index is 12.4. The van der Waals surface area contributed by atoms with Gasteiger partial charge < -0.3 is 10.6 Å². The molecule has 1 fully saturated rings. The van der Waals surface area contributed by atoms with Crippen LogP contribution in [0.15, 0.2) is 18.2 Å². The maximum Gasteiger partial charge on any atom is 0.251 e. The summed E-state index contributed by atoms with van der Waals surface area (Å²) >= 11 is 0. The lowest BCUT2D eigenvalue weighted by Gasteiger charge is -2.21. The number of hydrogen-bond donors (Lipinski definition) is 2. The Bertz CT molecular complexity index is 498. The van der Waals surface area contributed by atoms with Crippen molar-refractivity contribution in [1.82, 2.24) is 5.32 Å². The van der Waals surface area contributed by atoms with Crippen molar-refractivity contribution in [3.8, 4) is 0 Å². The van der Waals surface area contributed by atoms with Crippen LogP contribution in [0.5, 0.6) is 0 Å². The Morgan fingerprint density at radius 3 is 3.10 bits per heavy atom. The predicted molar refractivity (Wildman–Crippen MR) is 82.1 cm³/mol. The lowest BCUT2D eigenvalue weighted by molar-refractivity contribution is 0.0946. The molecular formula is C17H24N2O. The number of anilines is 1. The minimum absolute atomic E-state index is 0.102. The molecule has 3 heteroatoms. The standard InChI is InChI=1S/C17H24N2O/c1-12-7-8-13(10-12)11-19-17(20)15-4-2-6-16-14(15)5-3-9-18-16/h2,4,6,12-13,18H,3,5,7-11H2,1H3,(H,19,20). The molecule has 2 N–H and O–H groups in total. The first-order valence-electron chi connectivity index (χ1n) is 7.88.